The van der Waals surface area contributed by atoms with Gasteiger partial charge in [0.25, 0.3) is 0 Å². The van der Waals surface area contributed by atoms with Gasteiger partial charge in [-0.25, -0.2) is 0 Å². The smallest absolute Gasteiger partial charge is 0.0628 e. The fourth-order valence-corrected chi connectivity index (χ4v) is 2.44. The molecule has 1 aromatic rings. The number of nitrogens with zero attached hydrogens (tertiary/aromatic N) is 1. The summed E-state index contributed by atoms with van der Waals surface area (Å²) in [4.78, 5) is 0. The highest BCUT2D eigenvalue weighted by Crippen LogP contribution is 2.37. The fraction of sp³-hybridized carbons (Fsp3) is 0.500. The zero-order chi connectivity index (χ0) is 11.4. The minimum Gasteiger partial charge on any atom is -0.315 e. The molecule has 1 atom stereocenters. The maximum atomic E-state index is 8.90. The minimum atomic E-state index is 0.213. The molecule has 1 aromatic carbocycles. The summed E-state index contributed by atoms with van der Waals surface area (Å²) < 4.78 is 0. The van der Waals surface area contributed by atoms with Gasteiger partial charge in [-0.2, -0.15) is 5.26 Å². The van der Waals surface area contributed by atoms with Crippen molar-refractivity contribution in [3.05, 3.63) is 35.9 Å². The van der Waals surface area contributed by atoms with Crippen molar-refractivity contribution in [2.45, 2.75) is 19.8 Å². The monoisotopic (exact) mass is 214 g/mol. The average molecular weight is 214 g/mol. The van der Waals surface area contributed by atoms with E-state index in [9.17, 15) is 0 Å². The van der Waals surface area contributed by atoms with Crippen LogP contribution in [0.25, 0.3) is 0 Å². The molecule has 1 N–H and O–H groups in total. The Kier molecular flexibility index (Phi) is 3.26. The SMILES string of the molecule is CC(Cc1ccccc1)C1(CC#N)CNC1. The second kappa shape index (κ2) is 4.67. The first-order valence-corrected chi connectivity index (χ1v) is 5.88. The van der Waals surface area contributed by atoms with Crippen molar-refractivity contribution in [3.8, 4) is 6.07 Å². The van der Waals surface area contributed by atoms with Gasteiger partial charge in [0.2, 0.25) is 0 Å². The van der Waals surface area contributed by atoms with E-state index in [-0.39, 0.29) is 5.41 Å². The molecule has 0 spiro atoms. The molecule has 2 nitrogen and oxygen atoms in total. The van der Waals surface area contributed by atoms with Crippen molar-refractivity contribution >= 4 is 0 Å². The second-order valence-corrected chi connectivity index (χ2v) is 4.89. The van der Waals surface area contributed by atoms with Crippen molar-refractivity contribution < 1.29 is 0 Å². The van der Waals surface area contributed by atoms with E-state index in [4.69, 9.17) is 5.26 Å². The Morgan fingerprint density at radius 3 is 2.56 bits per heavy atom. The van der Waals surface area contributed by atoms with Crippen LogP contribution in [-0.4, -0.2) is 13.1 Å². The first-order valence-electron chi connectivity index (χ1n) is 5.88. The van der Waals surface area contributed by atoms with Crippen molar-refractivity contribution in [2.24, 2.45) is 11.3 Å². The Labute approximate surface area is 97.3 Å². The predicted octanol–water partition coefficient (Wildman–Crippen LogP) is 2.37. The quantitative estimate of drug-likeness (QED) is 0.835. The van der Waals surface area contributed by atoms with Crippen molar-refractivity contribution in [1.82, 2.24) is 5.32 Å². The first kappa shape index (κ1) is 11.2. The molecule has 2 heteroatoms. The van der Waals surface area contributed by atoms with Crippen LogP contribution in [0.5, 0.6) is 0 Å². The van der Waals surface area contributed by atoms with Gasteiger partial charge in [-0.05, 0) is 17.9 Å². The minimum absolute atomic E-state index is 0.213. The summed E-state index contributed by atoms with van der Waals surface area (Å²) in [6.07, 6.45) is 1.75. The van der Waals surface area contributed by atoms with Crippen LogP contribution in [0.1, 0.15) is 18.9 Å². The molecule has 0 bridgehead atoms. The third kappa shape index (κ3) is 2.10. The number of benzene rings is 1. The molecule has 16 heavy (non-hydrogen) atoms. The molecular formula is C14H18N2. The van der Waals surface area contributed by atoms with Crippen molar-refractivity contribution in [3.63, 3.8) is 0 Å². The largest absolute Gasteiger partial charge is 0.315 e. The zero-order valence-corrected chi connectivity index (χ0v) is 9.74. The molecule has 0 radical (unpaired) electrons. The van der Waals surface area contributed by atoms with E-state index in [0.717, 1.165) is 19.5 Å². The Balaban J connectivity index is 2.02. The number of nitriles is 1. The van der Waals surface area contributed by atoms with Gasteiger partial charge < -0.3 is 5.32 Å². The van der Waals surface area contributed by atoms with Gasteiger partial charge in [0.05, 0.1) is 6.07 Å². The lowest BCUT2D eigenvalue weighted by atomic mass is 9.67. The van der Waals surface area contributed by atoms with Gasteiger partial charge in [0.15, 0.2) is 0 Å². The third-order valence-corrected chi connectivity index (χ3v) is 3.82. The standard InChI is InChI=1S/C14H18N2/c1-12(9-13-5-3-2-4-6-13)14(7-8-15)10-16-11-14/h2-6,12,16H,7,9-11H2,1H3. The van der Waals surface area contributed by atoms with E-state index >= 15 is 0 Å². The van der Waals surface area contributed by atoms with Crippen LogP contribution in [0.15, 0.2) is 30.3 Å². The topological polar surface area (TPSA) is 35.8 Å². The van der Waals surface area contributed by atoms with Crippen molar-refractivity contribution in [2.75, 3.05) is 13.1 Å². The van der Waals surface area contributed by atoms with E-state index in [1.165, 1.54) is 5.56 Å². The average Bonchev–Trinajstić information content (AvgIpc) is 2.24. The maximum absolute atomic E-state index is 8.90. The van der Waals surface area contributed by atoms with Gasteiger partial charge in [0, 0.05) is 24.9 Å². The summed E-state index contributed by atoms with van der Waals surface area (Å²) in [5.74, 6) is 0.566. The van der Waals surface area contributed by atoms with Crippen LogP contribution in [0.2, 0.25) is 0 Å². The molecule has 1 fully saturated rings. The van der Waals surface area contributed by atoms with E-state index in [1.807, 2.05) is 6.07 Å². The fourth-order valence-electron chi connectivity index (χ4n) is 2.44. The lowest BCUT2D eigenvalue weighted by Gasteiger charge is -2.46. The summed E-state index contributed by atoms with van der Waals surface area (Å²) in [6.45, 7) is 4.26. The van der Waals surface area contributed by atoms with Gasteiger partial charge >= 0.3 is 0 Å². The molecule has 0 aliphatic carbocycles. The highest BCUT2D eigenvalue weighted by molar-refractivity contribution is 5.16. The van der Waals surface area contributed by atoms with Crippen LogP contribution < -0.4 is 5.32 Å². The van der Waals surface area contributed by atoms with E-state index in [1.54, 1.807) is 0 Å². The normalized spacial score (nSPS) is 19.5. The molecule has 2 rings (SSSR count). The predicted molar refractivity (Wildman–Crippen MR) is 64.8 cm³/mol. The van der Waals surface area contributed by atoms with E-state index in [0.29, 0.717) is 12.3 Å². The Morgan fingerprint density at radius 2 is 2.06 bits per heavy atom. The highest BCUT2D eigenvalue weighted by atomic mass is 15.0. The Hall–Kier alpha value is -1.33. The van der Waals surface area contributed by atoms with Gasteiger partial charge in [-0.3, -0.25) is 0 Å². The number of nitrogens with one attached hydrogen (secondary N) is 1. The molecule has 1 saturated heterocycles. The number of hydrogen-bond donors (Lipinski definition) is 1. The second-order valence-electron chi connectivity index (χ2n) is 4.89. The molecular weight excluding hydrogens is 196 g/mol. The first-order chi connectivity index (χ1) is 7.77. The maximum Gasteiger partial charge on any atom is 0.0628 e. The van der Waals surface area contributed by atoms with Gasteiger partial charge in [0.1, 0.15) is 0 Å². The molecule has 0 aromatic heterocycles. The summed E-state index contributed by atoms with van der Waals surface area (Å²) in [7, 11) is 0. The van der Waals surface area contributed by atoms with Gasteiger partial charge in [-0.15, -0.1) is 0 Å². The Morgan fingerprint density at radius 1 is 1.38 bits per heavy atom. The zero-order valence-electron chi connectivity index (χ0n) is 9.74. The summed E-state index contributed by atoms with van der Waals surface area (Å²) in [6, 6.07) is 12.9. The molecule has 0 saturated carbocycles. The van der Waals surface area contributed by atoms with Crippen LogP contribution in [0.4, 0.5) is 0 Å². The van der Waals surface area contributed by atoms with Crippen LogP contribution in [-0.2, 0) is 6.42 Å². The molecule has 1 unspecified atom stereocenters. The van der Waals surface area contributed by atoms with Crippen molar-refractivity contribution in [1.29, 1.82) is 5.26 Å². The molecule has 0 amide bonds. The molecule has 1 heterocycles. The lowest BCUT2D eigenvalue weighted by molar-refractivity contribution is 0.0939. The summed E-state index contributed by atoms with van der Waals surface area (Å²) in [5, 5.41) is 12.2. The number of hydrogen-bond acceptors (Lipinski definition) is 2. The highest BCUT2D eigenvalue weighted by Gasteiger charge is 2.41. The van der Waals surface area contributed by atoms with Gasteiger partial charge in [-0.1, -0.05) is 37.3 Å². The van der Waals surface area contributed by atoms with Crippen LogP contribution in [0, 0.1) is 22.7 Å². The molecule has 84 valence electrons. The summed E-state index contributed by atoms with van der Waals surface area (Å²) in [5.41, 5.74) is 1.59. The summed E-state index contributed by atoms with van der Waals surface area (Å²) >= 11 is 0. The number of rotatable bonds is 4. The van der Waals surface area contributed by atoms with E-state index in [2.05, 4.69) is 42.6 Å². The molecule has 1 aliphatic heterocycles. The molecule has 1 aliphatic rings. The van der Waals surface area contributed by atoms with Crippen LogP contribution in [0.3, 0.4) is 0 Å². The lowest BCUT2D eigenvalue weighted by Crippen LogP contribution is -2.57. The van der Waals surface area contributed by atoms with E-state index < -0.39 is 0 Å². The Bertz CT molecular complexity index is 373. The third-order valence-electron chi connectivity index (χ3n) is 3.82. The van der Waals surface area contributed by atoms with Crippen LogP contribution >= 0.6 is 0 Å².